The van der Waals surface area contributed by atoms with Crippen molar-refractivity contribution in [3.63, 3.8) is 0 Å². The van der Waals surface area contributed by atoms with E-state index in [2.05, 4.69) is 14.9 Å². The molecular formula is C16H25ClN4O2. The van der Waals surface area contributed by atoms with Gasteiger partial charge in [-0.25, -0.2) is 9.78 Å². The van der Waals surface area contributed by atoms with Crippen LogP contribution in [0.1, 0.15) is 32.9 Å². The number of carbonyl (C=O) groups excluding carboxylic acids is 1. The van der Waals surface area contributed by atoms with Crippen molar-refractivity contribution in [3.8, 4) is 0 Å². The third-order valence-corrected chi connectivity index (χ3v) is 3.97. The van der Waals surface area contributed by atoms with Crippen LogP contribution in [0.3, 0.4) is 0 Å². The first-order chi connectivity index (χ1) is 10.7. The molecular weight excluding hydrogens is 316 g/mol. The number of aromatic nitrogens is 2. The zero-order chi connectivity index (χ0) is 17.0. The molecule has 0 unspecified atom stereocenters. The summed E-state index contributed by atoms with van der Waals surface area (Å²) in [7, 11) is 2.03. The Morgan fingerprint density at radius 1 is 1.43 bits per heavy atom. The van der Waals surface area contributed by atoms with Gasteiger partial charge in [-0.2, -0.15) is 0 Å². The van der Waals surface area contributed by atoms with Crippen molar-refractivity contribution in [2.24, 2.45) is 5.92 Å². The maximum atomic E-state index is 12.1. The van der Waals surface area contributed by atoms with Crippen LogP contribution in [0.5, 0.6) is 0 Å². The SMILES string of the molecule is CN(Cc1nccnc1Cl)C[C@H]1CCN(C(=O)OC(C)(C)C)C1. The van der Waals surface area contributed by atoms with Gasteiger partial charge < -0.3 is 14.5 Å². The number of amides is 1. The van der Waals surface area contributed by atoms with Gasteiger partial charge in [0, 0.05) is 38.6 Å². The van der Waals surface area contributed by atoms with Gasteiger partial charge >= 0.3 is 6.09 Å². The van der Waals surface area contributed by atoms with E-state index in [1.54, 1.807) is 17.3 Å². The zero-order valence-corrected chi connectivity index (χ0v) is 15.0. The Bertz CT molecular complexity index is 547. The normalized spacial score (nSPS) is 18.5. The van der Waals surface area contributed by atoms with Crippen molar-refractivity contribution in [2.75, 3.05) is 26.7 Å². The van der Waals surface area contributed by atoms with Crippen molar-refractivity contribution in [1.29, 1.82) is 0 Å². The molecule has 0 saturated carbocycles. The smallest absolute Gasteiger partial charge is 0.410 e. The fraction of sp³-hybridized carbons (Fsp3) is 0.688. The van der Waals surface area contributed by atoms with Gasteiger partial charge in [0.1, 0.15) is 5.60 Å². The molecule has 0 aromatic carbocycles. The quantitative estimate of drug-likeness (QED) is 0.843. The van der Waals surface area contributed by atoms with Crippen molar-refractivity contribution in [3.05, 3.63) is 23.2 Å². The summed E-state index contributed by atoms with van der Waals surface area (Å²) in [6.07, 6.45) is 3.99. The molecule has 0 aliphatic carbocycles. The van der Waals surface area contributed by atoms with Crippen LogP contribution in [0.2, 0.25) is 5.15 Å². The Morgan fingerprint density at radius 2 is 2.13 bits per heavy atom. The average molecular weight is 341 g/mol. The molecule has 128 valence electrons. The number of likely N-dealkylation sites (tertiary alicyclic amines) is 1. The van der Waals surface area contributed by atoms with Crippen LogP contribution in [0.4, 0.5) is 4.79 Å². The van der Waals surface area contributed by atoms with Gasteiger partial charge in [0.2, 0.25) is 0 Å². The minimum Gasteiger partial charge on any atom is -0.444 e. The zero-order valence-electron chi connectivity index (χ0n) is 14.3. The van der Waals surface area contributed by atoms with E-state index in [9.17, 15) is 4.79 Å². The van der Waals surface area contributed by atoms with Crippen LogP contribution >= 0.6 is 11.6 Å². The lowest BCUT2D eigenvalue weighted by atomic mass is 10.1. The van der Waals surface area contributed by atoms with Crippen LogP contribution in [0.15, 0.2) is 12.4 Å². The Balaban J connectivity index is 1.81. The first-order valence-corrected chi connectivity index (χ1v) is 8.24. The Hall–Kier alpha value is -1.40. The van der Waals surface area contributed by atoms with Gasteiger partial charge in [0.25, 0.3) is 0 Å². The molecule has 1 amide bonds. The molecule has 2 heterocycles. The highest BCUT2D eigenvalue weighted by atomic mass is 35.5. The minimum atomic E-state index is -0.450. The molecule has 0 spiro atoms. The number of ether oxygens (including phenoxy) is 1. The molecule has 0 bridgehead atoms. The topological polar surface area (TPSA) is 58.6 Å². The summed E-state index contributed by atoms with van der Waals surface area (Å²) < 4.78 is 5.42. The number of carbonyl (C=O) groups is 1. The van der Waals surface area contributed by atoms with E-state index < -0.39 is 5.60 Å². The lowest BCUT2D eigenvalue weighted by molar-refractivity contribution is 0.0285. The largest absolute Gasteiger partial charge is 0.444 e. The highest BCUT2D eigenvalue weighted by molar-refractivity contribution is 6.29. The summed E-state index contributed by atoms with van der Waals surface area (Å²) in [6, 6.07) is 0. The van der Waals surface area contributed by atoms with Crippen LogP contribution < -0.4 is 0 Å². The van der Waals surface area contributed by atoms with Crippen molar-refractivity contribution in [2.45, 2.75) is 39.3 Å². The standard InChI is InChI=1S/C16H25ClN4O2/c1-16(2,3)23-15(22)21-8-5-12(10-21)9-20(4)11-13-14(17)19-7-6-18-13/h6-7,12H,5,8-11H2,1-4H3/t12-/m1/s1. The predicted octanol–water partition coefficient (Wildman–Crippen LogP) is 2.82. The molecule has 23 heavy (non-hydrogen) atoms. The van der Waals surface area contributed by atoms with Crippen molar-refractivity contribution < 1.29 is 9.53 Å². The third-order valence-electron chi connectivity index (χ3n) is 3.65. The molecule has 0 N–H and O–H groups in total. The molecule has 7 heteroatoms. The first-order valence-electron chi connectivity index (χ1n) is 7.86. The number of halogens is 1. The number of hydrogen-bond donors (Lipinski definition) is 0. The number of rotatable bonds is 4. The summed E-state index contributed by atoms with van der Waals surface area (Å²) in [4.78, 5) is 24.3. The summed E-state index contributed by atoms with van der Waals surface area (Å²) in [5.74, 6) is 0.433. The fourth-order valence-electron chi connectivity index (χ4n) is 2.69. The van der Waals surface area contributed by atoms with E-state index in [-0.39, 0.29) is 6.09 Å². The maximum Gasteiger partial charge on any atom is 0.410 e. The summed E-state index contributed by atoms with van der Waals surface area (Å²) in [6.45, 7) is 8.67. The van der Waals surface area contributed by atoms with Crippen LogP contribution in [0, 0.1) is 5.92 Å². The number of nitrogens with zero attached hydrogens (tertiary/aromatic N) is 4. The van der Waals surface area contributed by atoms with Gasteiger partial charge in [-0.05, 0) is 40.2 Å². The lowest BCUT2D eigenvalue weighted by Crippen LogP contribution is -2.36. The Labute approximate surface area is 142 Å². The van der Waals surface area contributed by atoms with E-state index in [0.717, 1.165) is 31.7 Å². The predicted molar refractivity (Wildman–Crippen MR) is 89.3 cm³/mol. The Kier molecular flexibility index (Phi) is 5.81. The summed E-state index contributed by atoms with van der Waals surface area (Å²) in [5, 5.41) is 0.446. The molecule has 1 aliphatic rings. The van der Waals surface area contributed by atoms with E-state index in [4.69, 9.17) is 16.3 Å². The second-order valence-corrected chi connectivity index (χ2v) is 7.43. The lowest BCUT2D eigenvalue weighted by Gasteiger charge is -2.25. The number of hydrogen-bond acceptors (Lipinski definition) is 5. The third kappa shape index (κ3) is 5.62. The van der Waals surface area contributed by atoms with E-state index in [1.165, 1.54) is 0 Å². The van der Waals surface area contributed by atoms with Crippen molar-refractivity contribution >= 4 is 17.7 Å². The summed E-state index contributed by atoms with van der Waals surface area (Å²) >= 11 is 6.04. The monoisotopic (exact) mass is 340 g/mol. The van der Waals surface area contributed by atoms with Gasteiger partial charge in [0.05, 0.1) is 5.69 Å². The minimum absolute atomic E-state index is 0.223. The fourth-order valence-corrected chi connectivity index (χ4v) is 2.86. The average Bonchev–Trinajstić information content (AvgIpc) is 2.88. The van der Waals surface area contributed by atoms with Crippen molar-refractivity contribution in [1.82, 2.24) is 19.8 Å². The molecule has 2 rings (SSSR count). The van der Waals surface area contributed by atoms with E-state index in [1.807, 2.05) is 27.8 Å². The second-order valence-electron chi connectivity index (χ2n) is 7.07. The van der Waals surface area contributed by atoms with Crippen LogP contribution in [-0.4, -0.2) is 58.1 Å². The highest BCUT2D eigenvalue weighted by Gasteiger charge is 2.30. The molecule has 1 saturated heterocycles. The highest BCUT2D eigenvalue weighted by Crippen LogP contribution is 2.21. The molecule has 1 fully saturated rings. The van der Waals surface area contributed by atoms with E-state index >= 15 is 0 Å². The Morgan fingerprint density at radius 3 is 2.78 bits per heavy atom. The molecule has 1 aliphatic heterocycles. The van der Waals surface area contributed by atoms with Gasteiger partial charge in [-0.1, -0.05) is 11.6 Å². The molecule has 6 nitrogen and oxygen atoms in total. The van der Waals surface area contributed by atoms with Gasteiger partial charge in [-0.15, -0.1) is 0 Å². The van der Waals surface area contributed by atoms with Gasteiger partial charge in [0.15, 0.2) is 5.15 Å². The second kappa shape index (κ2) is 7.45. The molecule has 0 radical (unpaired) electrons. The summed E-state index contributed by atoms with van der Waals surface area (Å²) in [5.41, 5.74) is 0.327. The van der Waals surface area contributed by atoms with Crippen LogP contribution in [-0.2, 0) is 11.3 Å². The maximum absolute atomic E-state index is 12.1. The first kappa shape index (κ1) is 17.9. The van der Waals surface area contributed by atoms with Crippen LogP contribution in [0.25, 0.3) is 0 Å². The molecule has 1 aromatic heterocycles. The molecule has 1 aromatic rings. The molecule has 1 atom stereocenters. The van der Waals surface area contributed by atoms with Gasteiger partial charge in [-0.3, -0.25) is 4.98 Å². The van der Waals surface area contributed by atoms with E-state index in [0.29, 0.717) is 17.6 Å².